The zero-order valence-electron chi connectivity index (χ0n) is 29.1. The molecule has 1 atom stereocenters. The minimum Gasteiger partial charge on any atom is -0.493 e. The Kier molecular flexibility index (Phi) is 10.8. The van der Waals surface area contributed by atoms with Gasteiger partial charge in [-0.05, 0) is 88.0 Å². The molecule has 0 radical (unpaired) electrons. The lowest BCUT2D eigenvalue weighted by Gasteiger charge is -2.34. The zero-order chi connectivity index (χ0) is 34.3. The highest BCUT2D eigenvalue weighted by atomic mass is 16.5. The largest absolute Gasteiger partial charge is 0.493 e. The van der Waals surface area contributed by atoms with Crippen LogP contribution < -0.4 is 18.9 Å². The second-order valence-electron chi connectivity index (χ2n) is 13.2. The van der Waals surface area contributed by atoms with E-state index >= 15 is 0 Å². The zero-order valence-corrected chi connectivity index (χ0v) is 29.1. The van der Waals surface area contributed by atoms with Crippen LogP contribution >= 0.6 is 0 Å². The molecular formula is C39H47N5O6. The number of nitrogens with zero attached hydrogens (tertiary/aromatic N) is 5. The summed E-state index contributed by atoms with van der Waals surface area (Å²) in [6.07, 6.45) is 7.97. The van der Waals surface area contributed by atoms with Crippen molar-refractivity contribution in [3.8, 4) is 34.5 Å². The smallest absolute Gasteiger partial charge is 0.256 e. The van der Waals surface area contributed by atoms with Gasteiger partial charge in [-0.2, -0.15) is 0 Å². The number of carbonyl (C=O) groups excluding carboxylic acids is 1. The van der Waals surface area contributed by atoms with E-state index in [-0.39, 0.29) is 11.9 Å². The normalized spacial score (nSPS) is 17.8. The second kappa shape index (κ2) is 15.9. The topological polar surface area (TPSA) is 102 Å². The molecule has 1 amide bonds. The lowest BCUT2D eigenvalue weighted by molar-refractivity contribution is 0.0774. The molecule has 4 aromatic rings. The molecule has 264 valence electrons. The van der Waals surface area contributed by atoms with Crippen LogP contribution in [0.2, 0.25) is 0 Å². The number of para-hydroxylation sites is 2. The molecule has 2 fully saturated rings. The fourth-order valence-electron chi connectivity index (χ4n) is 7.01. The first kappa shape index (κ1) is 33.9. The summed E-state index contributed by atoms with van der Waals surface area (Å²) in [4.78, 5) is 29.4. The first-order chi connectivity index (χ1) is 24.6. The molecule has 0 N–H and O–H groups in total. The minimum atomic E-state index is 0.0244. The van der Waals surface area contributed by atoms with E-state index < -0.39 is 0 Å². The Morgan fingerprint density at radius 1 is 0.780 bits per heavy atom. The summed E-state index contributed by atoms with van der Waals surface area (Å²) in [5, 5.41) is 0. The van der Waals surface area contributed by atoms with Gasteiger partial charge in [0.05, 0.1) is 44.7 Å². The van der Waals surface area contributed by atoms with E-state index in [1.165, 1.54) is 0 Å². The second-order valence-corrected chi connectivity index (χ2v) is 13.2. The number of fused-ring (bicyclic) bond motifs is 3. The number of rotatable bonds is 15. The van der Waals surface area contributed by atoms with Crippen LogP contribution in [-0.4, -0.2) is 111 Å². The number of ether oxygens (including phenoxy) is 4. The summed E-state index contributed by atoms with van der Waals surface area (Å²) in [5.41, 5.74) is 3.70. The molecule has 0 saturated carbocycles. The monoisotopic (exact) mass is 681 g/mol. The van der Waals surface area contributed by atoms with Crippen molar-refractivity contribution in [2.24, 2.45) is 4.99 Å². The van der Waals surface area contributed by atoms with Crippen molar-refractivity contribution in [2.45, 2.75) is 44.6 Å². The van der Waals surface area contributed by atoms with Gasteiger partial charge in [0.1, 0.15) is 5.52 Å². The van der Waals surface area contributed by atoms with Crippen molar-refractivity contribution < 1.29 is 28.2 Å². The number of hydrogen-bond donors (Lipinski definition) is 0. The van der Waals surface area contributed by atoms with Gasteiger partial charge in [0.2, 0.25) is 5.89 Å². The Balaban J connectivity index is 0.779. The molecule has 50 heavy (non-hydrogen) atoms. The molecule has 3 aliphatic heterocycles. The van der Waals surface area contributed by atoms with E-state index in [1.807, 2.05) is 59.6 Å². The Labute approximate surface area is 293 Å². The van der Waals surface area contributed by atoms with Crippen LogP contribution in [0.25, 0.3) is 22.6 Å². The maximum absolute atomic E-state index is 13.1. The highest BCUT2D eigenvalue weighted by Crippen LogP contribution is 2.38. The van der Waals surface area contributed by atoms with Crippen LogP contribution in [0.15, 0.2) is 64.0 Å². The van der Waals surface area contributed by atoms with Gasteiger partial charge < -0.3 is 38.1 Å². The molecule has 0 aliphatic carbocycles. The van der Waals surface area contributed by atoms with E-state index in [0.717, 1.165) is 107 Å². The van der Waals surface area contributed by atoms with Crippen LogP contribution in [-0.2, 0) is 0 Å². The summed E-state index contributed by atoms with van der Waals surface area (Å²) in [7, 11) is 3.27. The summed E-state index contributed by atoms with van der Waals surface area (Å²) in [6, 6.07) is 17.3. The molecule has 4 heterocycles. The van der Waals surface area contributed by atoms with Gasteiger partial charge in [0.25, 0.3) is 5.91 Å². The van der Waals surface area contributed by atoms with Crippen LogP contribution in [0.3, 0.4) is 0 Å². The third-order valence-corrected chi connectivity index (χ3v) is 9.88. The molecular weight excluding hydrogens is 634 g/mol. The van der Waals surface area contributed by atoms with E-state index in [1.54, 1.807) is 20.3 Å². The average Bonchev–Trinajstić information content (AvgIpc) is 3.79. The Morgan fingerprint density at radius 3 is 2.20 bits per heavy atom. The lowest BCUT2D eigenvalue weighted by Crippen LogP contribution is -2.46. The minimum absolute atomic E-state index is 0.0244. The molecule has 3 aromatic carbocycles. The van der Waals surface area contributed by atoms with Crippen LogP contribution in [0.1, 0.15) is 48.9 Å². The molecule has 0 unspecified atom stereocenters. The third kappa shape index (κ3) is 7.74. The molecule has 0 bridgehead atoms. The number of oxazole rings is 1. The van der Waals surface area contributed by atoms with Gasteiger partial charge in [-0.25, -0.2) is 4.98 Å². The average molecular weight is 682 g/mol. The number of aromatic nitrogens is 1. The van der Waals surface area contributed by atoms with Crippen LogP contribution in [0, 0.1) is 0 Å². The van der Waals surface area contributed by atoms with Crippen LogP contribution in [0.4, 0.5) is 5.69 Å². The fourth-order valence-corrected chi connectivity index (χ4v) is 7.01. The number of benzene rings is 3. The number of hydrogen-bond acceptors (Lipinski definition) is 10. The first-order valence-corrected chi connectivity index (χ1v) is 17.9. The molecule has 1 aromatic heterocycles. The highest BCUT2D eigenvalue weighted by Gasteiger charge is 2.32. The third-order valence-electron chi connectivity index (χ3n) is 9.88. The van der Waals surface area contributed by atoms with Crippen molar-refractivity contribution in [2.75, 3.05) is 73.2 Å². The van der Waals surface area contributed by atoms with Gasteiger partial charge >= 0.3 is 0 Å². The van der Waals surface area contributed by atoms with Crippen molar-refractivity contribution in [3.05, 3.63) is 60.2 Å². The standard InChI is InChI=1S/C39H47N5O6/c1-46-35-24-28(38-41-31-11-3-4-12-33(31)50-38)13-14-34(35)48-22-7-5-15-42-18-20-43(21-19-42)16-6-8-23-49-37-26-32-30(25-36(37)47-2)39(45)44-17-9-10-29(44)27-40-32/h3-4,11-14,24-27,29H,5-10,15-23H2,1-2H3/t29-/m0/s1. The maximum atomic E-state index is 13.1. The quantitative estimate of drug-likeness (QED) is 0.131. The highest BCUT2D eigenvalue weighted by molar-refractivity contribution is 6.03. The summed E-state index contributed by atoms with van der Waals surface area (Å²) >= 11 is 0. The number of carbonyl (C=O) groups is 1. The number of unbranched alkanes of at least 4 members (excludes halogenated alkanes) is 2. The van der Waals surface area contributed by atoms with Gasteiger partial charge in [-0.15, -0.1) is 0 Å². The summed E-state index contributed by atoms with van der Waals surface area (Å²) in [5.74, 6) is 3.23. The van der Waals surface area contributed by atoms with Gasteiger partial charge in [-0.3, -0.25) is 9.79 Å². The molecule has 0 spiro atoms. The van der Waals surface area contributed by atoms with E-state index in [0.29, 0.717) is 47.6 Å². The fraction of sp³-hybridized carbons (Fsp3) is 0.462. The number of amides is 1. The van der Waals surface area contributed by atoms with Gasteiger partial charge in [0.15, 0.2) is 28.6 Å². The Hall–Kier alpha value is -4.61. The first-order valence-electron chi connectivity index (χ1n) is 17.9. The van der Waals surface area contributed by atoms with Crippen LogP contribution in [0.5, 0.6) is 23.0 Å². The maximum Gasteiger partial charge on any atom is 0.256 e. The SMILES string of the molecule is COc1cc(-c2nc3ccccc3o2)ccc1OCCCCN1CCN(CCCCOc2cc3c(cc2OC)C(=O)N2CCC[C@H]2C=N3)CC1. The van der Waals surface area contributed by atoms with E-state index in [9.17, 15) is 4.79 Å². The van der Waals surface area contributed by atoms with Crippen molar-refractivity contribution in [1.29, 1.82) is 0 Å². The summed E-state index contributed by atoms with van der Waals surface area (Å²) < 4.78 is 29.4. The molecule has 7 rings (SSSR count). The number of methoxy groups -OCH3 is 2. The number of piperazine rings is 1. The van der Waals surface area contributed by atoms with Crippen molar-refractivity contribution >= 4 is 28.9 Å². The predicted octanol–water partition coefficient (Wildman–Crippen LogP) is 6.47. The molecule has 11 heteroatoms. The van der Waals surface area contributed by atoms with Crippen molar-refractivity contribution in [1.82, 2.24) is 19.7 Å². The van der Waals surface area contributed by atoms with Gasteiger partial charge in [-0.1, -0.05) is 12.1 Å². The Bertz CT molecular complexity index is 1770. The molecule has 2 saturated heterocycles. The van der Waals surface area contributed by atoms with Gasteiger partial charge in [0, 0.05) is 50.6 Å². The summed E-state index contributed by atoms with van der Waals surface area (Å²) in [6.45, 7) is 8.51. The number of aliphatic imine (C=N–C) groups is 1. The Morgan fingerprint density at radius 2 is 1.48 bits per heavy atom. The van der Waals surface area contributed by atoms with E-state index in [4.69, 9.17) is 23.4 Å². The van der Waals surface area contributed by atoms with Crippen molar-refractivity contribution in [3.63, 3.8) is 0 Å². The molecule has 11 nitrogen and oxygen atoms in total. The lowest BCUT2D eigenvalue weighted by atomic mass is 10.1. The van der Waals surface area contributed by atoms with E-state index in [2.05, 4.69) is 19.8 Å². The predicted molar refractivity (Wildman–Crippen MR) is 194 cm³/mol. The molecule has 3 aliphatic rings.